The fourth-order valence-corrected chi connectivity index (χ4v) is 2.56. The zero-order valence-corrected chi connectivity index (χ0v) is 15.5. The van der Waals surface area contributed by atoms with Gasteiger partial charge < -0.3 is 9.47 Å². The number of hydrogen-bond acceptors (Lipinski definition) is 9. The normalized spacial score (nSPS) is 11.8. The van der Waals surface area contributed by atoms with E-state index in [0.29, 0.717) is 0 Å². The number of hydrogen-bond donors (Lipinski definition) is 0. The molecule has 0 saturated carbocycles. The van der Waals surface area contributed by atoms with Gasteiger partial charge in [-0.15, -0.1) is 0 Å². The van der Waals surface area contributed by atoms with Crippen molar-refractivity contribution in [1.82, 2.24) is 0 Å². The number of esters is 2. The van der Waals surface area contributed by atoms with Crippen molar-refractivity contribution in [3.05, 3.63) is 44.0 Å². The minimum atomic E-state index is -1.89. The van der Waals surface area contributed by atoms with Gasteiger partial charge in [-0.3, -0.25) is 29.8 Å². The van der Waals surface area contributed by atoms with E-state index in [9.17, 15) is 35.1 Å². The van der Waals surface area contributed by atoms with Crippen molar-refractivity contribution >= 4 is 23.3 Å². The van der Waals surface area contributed by atoms with Crippen LogP contribution in [0, 0.1) is 37.0 Å². The summed E-state index contributed by atoms with van der Waals surface area (Å²) in [7, 11) is 0. The van der Waals surface area contributed by atoms with Crippen LogP contribution in [0.1, 0.15) is 38.7 Å². The van der Waals surface area contributed by atoms with Crippen LogP contribution in [0.15, 0.2) is 18.2 Å². The van der Waals surface area contributed by atoms with E-state index in [1.807, 2.05) is 6.07 Å². The first-order valence-electron chi connectivity index (χ1n) is 8.29. The van der Waals surface area contributed by atoms with Gasteiger partial charge in [0, 0.05) is 11.6 Å². The second-order valence-corrected chi connectivity index (χ2v) is 5.92. The third-order valence-corrected chi connectivity index (χ3v) is 4.02. The Morgan fingerprint density at radius 2 is 1.68 bits per heavy atom. The van der Waals surface area contributed by atoms with Gasteiger partial charge in [-0.2, -0.15) is 5.26 Å². The number of nitro benzene ring substituents is 2. The Bertz CT molecular complexity index is 812. The molecule has 0 aliphatic rings. The van der Waals surface area contributed by atoms with Crippen LogP contribution in [0.25, 0.3) is 0 Å². The van der Waals surface area contributed by atoms with E-state index < -0.39 is 50.9 Å². The predicted octanol–water partition coefficient (Wildman–Crippen LogP) is 2.63. The molecule has 0 aliphatic heterocycles. The molecule has 0 spiro atoms. The van der Waals surface area contributed by atoms with Gasteiger partial charge >= 0.3 is 11.9 Å². The summed E-state index contributed by atoms with van der Waals surface area (Å²) in [6, 6.07) is 4.63. The summed E-state index contributed by atoms with van der Waals surface area (Å²) in [6.07, 6.45) is -0.459. The Hall–Kier alpha value is -3.55. The Balaban J connectivity index is 3.44. The van der Waals surface area contributed by atoms with Crippen molar-refractivity contribution in [3.8, 4) is 6.07 Å². The molecular weight excluding hydrogens is 374 g/mol. The summed E-state index contributed by atoms with van der Waals surface area (Å²) in [5.41, 5.74) is -3.22. The van der Waals surface area contributed by atoms with Crippen LogP contribution in [-0.2, 0) is 19.1 Å². The van der Waals surface area contributed by atoms with Crippen molar-refractivity contribution in [3.63, 3.8) is 0 Å². The number of ether oxygens (including phenoxy) is 2. The van der Waals surface area contributed by atoms with E-state index in [1.165, 1.54) is 20.8 Å². The maximum absolute atomic E-state index is 12.4. The van der Waals surface area contributed by atoms with E-state index >= 15 is 0 Å². The molecule has 0 heterocycles. The maximum atomic E-state index is 12.4. The fourth-order valence-electron chi connectivity index (χ4n) is 2.56. The number of carbonyl (C=O) groups excluding carboxylic acids is 2. The SMILES string of the molecule is CCOC(=O)C(C)(CC(C#N)c1ccc([N+](=O)[O-])cc1[N+](=O)[O-])C(=O)OCC. The molecular formula is C17H19N3O8. The molecule has 0 aromatic heterocycles. The average molecular weight is 393 g/mol. The summed E-state index contributed by atoms with van der Waals surface area (Å²) < 4.78 is 9.82. The molecule has 0 radical (unpaired) electrons. The molecule has 1 aromatic carbocycles. The second-order valence-electron chi connectivity index (χ2n) is 5.92. The molecule has 0 aliphatic carbocycles. The number of rotatable bonds is 9. The number of benzene rings is 1. The highest BCUT2D eigenvalue weighted by Crippen LogP contribution is 2.38. The number of nitrogens with zero attached hydrogens (tertiary/aromatic N) is 3. The van der Waals surface area contributed by atoms with Crippen LogP contribution in [0.2, 0.25) is 0 Å². The summed E-state index contributed by atoms with van der Waals surface area (Å²) in [4.78, 5) is 45.3. The highest BCUT2D eigenvalue weighted by Gasteiger charge is 2.47. The number of non-ortho nitro benzene ring substituents is 1. The molecule has 11 heteroatoms. The summed E-state index contributed by atoms with van der Waals surface area (Å²) in [5.74, 6) is -3.16. The third kappa shape index (κ3) is 4.79. The number of nitriles is 1. The van der Waals surface area contributed by atoms with Crippen molar-refractivity contribution in [2.75, 3.05) is 13.2 Å². The molecule has 1 atom stereocenters. The van der Waals surface area contributed by atoms with Crippen LogP contribution >= 0.6 is 0 Å². The van der Waals surface area contributed by atoms with Crippen molar-refractivity contribution < 1.29 is 28.9 Å². The average Bonchev–Trinajstić information content (AvgIpc) is 2.65. The molecule has 0 amide bonds. The maximum Gasteiger partial charge on any atom is 0.323 e. The largest absolute Gasteiger partial charge is 0.465 e. The molecule has 0 N–H and O–H groups in total. The smallest absolute Gasteiger partial charge is 0.323 e. The first-order valence-corrected chi connectivity index (χ1v) is 8.29. The lowest BCUT2D eigenvalue weighted by atomic mass is 9.78. The molecule has 11 nitrogen and oxygen atoms in total. The fraction of sp³-hybridized carbons (Fsp3) is 0.471. The Labute approximate surface area is 160 Å². The first kappa shape index (κ1) is 22.5. The van der Waals surface area contributed by atoms with E-state index in [4.69, 9.17) is 9.47 Å². The molecule has 0 saturated heterocycles. The molecule has 1 unspecified atom stereocenters. The molecule has 1 rings (SSSR count). The Morgan fingerprint density at radius 1 is 1.14 bits per heavy atom. The van der Waals surface area contributed by atoms with Crippen molar-refractivity contribution in [1.29, 1.82) is 5.26 Å². The van der Waals surface area contributed by atoms with E-state index in [-0.39, 0.29) is 18.8 Å². The topological polar surface area (TPSA) is 163 Å². The highest BCUT2D eigenvalue weighted by atomic mass is 16.6. The van der Waals surface area contributed by atoms with Gasteiger partial charge in [-0.25, -0.2) is 0 Å². The van der Waals surface area contributed by atoms with Gasteiger partial charge in [0.2, 0.25) is 0 Å². The molecule has 0 fully saturated rings. The Kier molecular flexibility index (Phi) is 7.55. The summed E-state index contributed by atoms with van der Waals surface area (Å²) in [5, 5.41) is 31.8. The standard InChI is InChI=1S/C17H19N3O8/c1-4-27-15(21)17(3,16(22)28-5-2)9-11(10-18)13-7-6-12(19(23)24)8-14(13)20(25)26/h6-8,11H,4-5,9H2,1-3H3. The Morgan fingerprint density at radius 3 is 2.07 bits per heavy atom. The van der Waals surface area contributed by atoms with Crippen LogP contribution in [0.5, 0.6) is 0 Å². The van der Waals surface area contributed by atoms with Crippen molar-refractivity contribution in [2.45, 2.75) is 33.1 Å². The van der Waals surface area contributed by atoms with Gasteiger partial charge in [0.15, 0.2) is 5.41 Å². The van der Waals surface area contributed by atoms with Gasteiger partial charge in [0.25, 0.3) is 11.4 Å². The summed E-state index contributed by atoms with van der Waals surface area (Å²) >= 11 is 0. The zero-order valence-electron chi connectivity index (χ0n) is 15.5. The first-order chi connectivity index (χ1) is 13.1. The highest BCUT2D eigenvalue weighted by molar-refractivity contribution is 5.99. The minimum absolute atomic E-state index is 0.0251. The zero-order chi connectivity index (χ0) is 21.5. The molecule has 0 bridgehead atoms. The quantitative estimate of drug-likeness (QED) is 0.265. The lowest BCUT2D eigenvalue weighted by Gasteiger charge is -2.26. The predicted molar refractivity (Wildman–Crippen MR) is 94.1 cm³/mol. The van der Waals surface area contributed by atoms with Gasteiger partial charge in [-0.05, 0) is 33.3 Å². The van der Waals surface area contributed by atoms with Crippen LogP contribution in [0.3, 0.4) is 0 Å². The number of carbonyl (C=O) groups is 2. The monoisotopic (exact) mass is 393 g/mol. The second kappa shape index (κ2) is 9.40. The molecule has 150 valence electrons. The van der Waals surface area contributed by atoms with E-state index in [1.54, 1.807) is 0 Å². The molecule has 28 heavy (non-hydrogen) atoms. The van der Waals surface area contributed by atoms with Gasteiger partial charge in [0.05, 0.1) is 41.1 Å². The summed E-state index contributed by atoms with van der Waals surface area (Å²) in [6.45, 7) is 4.24. The lowest BCUT2D eigenvalue weighted by molar-refractivity contribution is -0.394. The third-order valence-electron chi connectivity index (χ3n) is 4.02. The van der Waals surface area contributed by atoms with Crippen molar-refractivity contribution in [2.24, 2.45) is 5.41 Å². The minimum Gasteiger partial charge on any atom is -0.465 e. The van der Waals surface area contributed by atoms with Gasteiger partial charge in [-0.1, -0.05) is 0 Å². The lowest BCUT2D eigenvalue weighted by Crippen LogP contribution is -2.40. The van der Waals surface area contributed by atoms with E-state index in [0.717, 1.165) is 18.2 Å². The number of nitro groups is 2. The van der Waals surface area contributed by atoms with E-state index in [2.05, 4.69) is 0 Å². The van der Waals surface area contributed by atoms with Crippen LogP contribution in [0.4, 0.5) is 11.4 Å². The van der Waals surface area contributed by atoms with Crippen LogP contribution in [-0.4, -0.2) is 35.0 Å². The molecule has 1 aromatic rings. The van der Waals surface area contributed by atoms with Crippen LogP contribution < -0.4 is 0 Å². The van der Waals surface area contributed by atoms with Gasteiger partial charge in [0.1, 0.15) is 0 Å².